The second-order valence-corrected chi connectivity index (χ2v) is 6.02. The molecular formula is C17H16BrNO2. The van der Waals surface area contributed by atoms with Gasteiger partial charge in [-0.05, 0) is 48.2 Å². The van der Waals surface area contributed by atoms with Crippen LogP contribution >= 0.6 is 15.9 Å². The van der Waals surface area contributed by atoms with Crippen LogP contribution in [-0.4, -0.2) is 12.5 Å². The molecule has 2 aromatic rings. The van der Waals surface area contributed by atoms with Gasteiger partial charge in [-0.2, -0.15) is 0 Å². The van der Waals surface area contributed by atoms with Crippen LogP contribution in [0.25, 0.3) is 0 Å². The van der Waals surface area contributed by atoms with Crippen molar-refractivity contribution in [2.45, 2.75) is 18.9 Å². The molecule has 0 aliphatic heterocycles. The molecule has 1 atom stereocenters. The van der Waals surface area contributed by atoms with Crippen molar-refractivity contribution in [3.63, 3.8) is 0 Å². The topological polar surface area (TPSA) is 38.3 Å². The standard InChI is InChI=1S/C17H16BrNO2/c18-13-6-8-14(9-7-13)21-11-17(20)19-16-10-5-12-3-1-2-4-15(12)16/h1-4,6-9,16H,5,10-11H2,(H,19,20)/t16-/m1/s1. The number of aryl methyl sites for hydroxylation is 1. The Morgan fingerprint density at radius 1 is 1.19 bits per heavy atom. The monoisotopic (exact) mass is 345 g/mol. The van der Waals surface area contributed by atoms with Gasteiger partial charge < -0.3 is 10.1 Å². The van der Waals surface area contributed by atoms with Crippen LogP contribution in [0.3, 0.4) is 0 Å². The number of benzene rings is 2. The molecule has 0 aromatic heterocycles. The second kappa shape index (κ2) is 6.31. The smallest absolute Gasteiger partial charge is 0.258 e. The highest BCUT2D eigenvalue weighted by Crippen LogP contribution is 2.30. The maximum Gasteiger partial charge on any atom is 0.258 e. The van der Waals surface area contributed by atoms with Crippen molar-refractivity contribution in [3.05, 3.63) is 64.1 Å². The van der Waals surface area contributed by atoms with Crippen LogP contribution in [0.5, 0.6) is 5.75 Å². The molecule has 0 fully saturated rings. The number of fused-ring (bicyclic) bond motifs is 1. The lowest BCUT2D eigenvalue weighted by molar-refractivity contribution is -0.123. The van der Waals surface area contributed by atoms with Gasteiger partial charge in [0.2, 0.25) is 0 Å². The molecule has 3 nitrogen and oxygen atoms in total. The third kappa shape index (κ3) is 3.45. The second-order valence-electron chi connectivity index (χ2n) is 5.10. The van der Waals surface area contributed by atoms with Crippen molar-refractivity contribution in [2.75, 3.05) is 6.61 Å². The minimum atomic E-state index is -0.0837. The summed E-state index contributed by atoms with van der Waals surface area (Å²) in [6, 6.07) is 15.8. The van der Waals surface area contributed by atoms with Crippen LogP contribution in [0.15, 0.2) is 53.0 Å². The Morgan fingerprint density at radius 3 is 2.76 bits per heavy atom. The van der Waals surface area contributed by atoms with Crippen molar-refractivity contribution >= 4 is 21.8 Å². The summed E-state index contributed by atoms with van der Waals surface area (Å²) in [5.41, 5.74) is 2.56. The Hall–Kier alpha value is -1.81. The minimum absolute atomic E-state index is 0.0420. The molecule has 0 bridgehead atoms. The number of carbonyl (C=O) groups is 1. The third-order valence-electron chi connectivity index (χ3n) is 3.65. The van der Waals surface area contributed by atoms with Crippen LogP contribution in [0.2, 0.25) is 0 Å². The molecule has 0 saturated heterocycles. The van der Waals surface area contributed by atoms with E-state index in [9.17, 15) is 4.79 Å². The normalized spacial score (nSPS) is 16.3. The number of hydrogen-bond donors (Lipinski definition) is 1. The number of hydrogen-bond acceptors (Lipinski definition) is 2. The molecule has 108 valence electrons. The van der Waals surface area contributed by atoms with E-state index in [1.807, 2.05) is 36.4 Å². The highest BCUT2D eigenvalue weighted by atomic mass is 79.9. The average molecular weight is 346 g/mol. The summed E-state index contributed by atoms with van der Waals surface area (Å²) < 4.78 is 6.48. The Balaban J connectivity index is 1.54. The number of carbonyl (C=O) groups excluding carboxylic acids is 1. The first kappa shape index (κ1) is 14.1. The Morgan fingerprint density at radius 2 is 1.95 bits per heavy atom. The van der Waals surface area contributed by atoms with Crippen LogP contribution in [0.1, 0.15) is 23.6 Å². The first-order valence-corrected chi connectivity index (χ1v) is 7.77. The van der Waals surface area contributed by atoms with Crippen molar-refractivity contribution in [1.29, 1.82) is 0 Å². The van der Waals surface area contributed by atoms with Gasteiger partial charge >= 0.3 is 0 Å². The summed E-state index contributed by atoms with van der Waals surface area (Å²) in [5.74, 6) is 0.611. The zero-order valence-electron chi connectivity index (χ0n) is 11.5. The summed E-state index contributed by atoms with van der Waals surface area (Å²) in [7, 11) is 0. The van der Waals surface area contributed by atoms with Gasteiger partial charge in [-0.15, -0.1) is 0 Å². The SMILES string of the molecule is O=C(COc1ccc(Br)cc1)N[C@@H]1CCc2ccccc21. The number of nitrogens with one attached hydrogen (secondary N) is 1. The van der Waals surface area contributed by atoms with Gasteiger partial charge in [0.15, 0.2) is 6.61 Å². The van der Waals surface area contributed by atoms with E-state index in [4.69, 9.17) is 4.74 Å². The average Bonchev–Trinajstić information content (AvgIpc) is 2.90. The first-order chi connectivity index (χ1) is 10.2. The summed E-state index contributed by atoms with van der Waals surface area (Å²) >= 11 is 3.36. The zero-order valence-corrected chi connectivity index (χ0v) is 13.1. The lowest BCUT2D eigenvalue weighted by Crippen LogP contribution is -2.31. The van der Waals surface area contributed by atoms with E-state index in [1.165, 1.54) is 11.1 Å². The number of halogens is 1. The van der Waals surface area contributed by atoms with E-state index in [0.717, 1.165) is 17.3 Å². The van der Waals surface area contributed by atoms with E-state index in [1.54, 1.807) is 0 Å². The lowest BCUT2D eigenvalue weighted by atomic mass is 10.1. The predicted octanol–water partition coefficient (Wildman–Crippen LogP) is 3.63. The molecule has 0 spiro atoms. The van der Waals surface area contributed by atoms with E-state index < -0.39 is 0 Å². The fourth-order valence-electron chi connectivity index (χ4n) is 2.62. The maximum atomic E-state index is 12.0. The van der Waals surface area contributed by atoms with E-state index in [2.05, 4.69) is 33.4 Å². The lowest BCUT2D eigenvalue weighted by Gasteiger charge is -2.14. The fraction of sp³-hybridized carbons (Fsp3) is 0.235. The maximum absolute atomic E-state index is 12.0. The number of amides is 1. The molecular weight excluding hydrogens is 330 g/mol. The Kier molecular flexibility index (Phi) is 4.25. The molecule has 0 saturated carbocycles. The number of ether oxygens (including phenoxy) is 1. The predicted molar refractivity (Wildman–Crippen MR) is 85.3 cm³/mol. The summed E-state index contributed by atoms with van der Waals surface area (Å²) in [6.45, 7) is 0.0420. The molecule has 3 rings (SSSR count). The van der Waals surface area contributed by atoms with Gasteiger partial charge in [0.05, 0.1) is 6.04 Å². The highest BCUT2D eigenvalue weighted by molar-refractivity contribution is 9.10. The molecule has 0 heterocycles. The minimum Gasteiger partial charge on any atom is -0.484 e. The van der Waals surface area contributed by atoms with Gasteiger partial charge in [0, 0.05) is 4.47 Å². The van der Waals surface area contributed by atoms with E-state index in [-0.39, 0.29) is 18.6 Å². The molecule has 1 N–H and O–H groups in total. The van der Waals surface area contributed by atoms with E-state index in [0.29, 0.717) is 5.75 Å². The molecule has 21 heavy (non-hydrogen) atoms. The quantitative estimate of drug-likeness (QED) is 0.918. The highest BCUT2D eigenvalue weighted by Gasteiger charge is 2.23. The Bertz CT molecular complexity index is 639. The van der Waals surface area contributed by atoms with Crippen LogP contribution < -0.4 is 10.1 Å². The van der Waals surface area contributed by atoms with Gasteiger partial charge in [-0.1, -0.05) is 40.2 Å². The molecule has 1 aliphatic rings. The fourth-order valence-corrected chi connectivity index (χ4v) is 2.89. The number of rotatable bonds is 4. The molecule has 1 amide bonds. The van der Waals surface area contributed by atoms with Crippen molar-refractivity contribution < 1.29 is 9.53 Å². The molecule has 0 radical (unpaired) electrons. The molecule has 0 unspecified atom stereocenters. The third-order valence-corrected chi connectivity index (χ3v) is 4.18. The molecule has 2 aromatic carbocycles. The summed E-state index contributed by atoms with van der Waals surface area (Å²) in [6.07, 6.45) is 1.98. The zero-order chi connectivity index (χ0) is 14.7. The van der Waals surface area contributed by atoms with Crippen molar-refractivity contribution in [3.8, 4) is 5.75 Å². The Labute approximate surface area is 132 Å². The van der Waals surface area contributed by atoms with Gasteiger partial charge in [-0.3, -0.25) is 4.79 Å². The van der Waals surface area contributed by atoms with Crippen LogP contribution in [-0.2, 0) is 11.2 Å². The summed E-state index contributed by atoms with van der Waals surface area (Å²) in [4.78, 5) is 12.0. The van der Waals surface area contributed by atoms with Crippen LogP contribution in [0, 0.1) is 0 Å². The van der Waals surface area contributed by atoms with Crippen LogP contribution in [0.4, 0.5) is 0 Å². The van der Waals surface area contributed by atoms with Gasteiger partial charge in [0.1, 0.15) is 5.75 Å². The molecule has 4 heteroatoms. The van der Waals surface area contributed by atoms with Gasteiger partial charge in [-0.25, -0.2) is 0 Å². The first-order valence-electron chi connectivity index (χ1n) is 6.98. The molecule has 1 aliphatic carbocycles. The largest absolute Gasteiger partial charge is 0.484 e. The van der Waals surface area contributed by atoms with Crippen molar-refractivity contribution in [1.82, 2.24) is 5.32 Å². The summed E-state index contributed by atoms with van der Waals surface area (Å²) in [5, 5.41) is 3.04. The van der Waals surface area contributed by atoms with E-state index >= 15 is 0 Å². The van der Waals surface area contributed by atoms with Gasteiger partial charge in [0.25, 0.3) is 5.91 Å². The van der Waals surface area contributed by atoms with Crippen molar-refractivity contribution in [2.24, 2.45) is 0 Å².